The van der Waals surface area contributed by atoms with Gasteiger partial charge in [-0.15, -0.1) is 0 Å². The zero-order valence-electron chi connectivity index (χ0n) is 25.5. The number of ether oxygens (including phenoxy) is 2. The van der Waals surface area contributed by atoms with Crippen molar-refractivity contribution in [2.45, 2.75) is 59.5 Å². The van der Waals surface area contributed by atoms with Crippen molar-refractivity contribution in [1.82, 2.24) is 4.57 Å². The van der Waals surface area contributed by atoms with Gasteiger partial charge in [0.1, 0.15) is 12.4 Å². The number of halogens is 1. The fourth-order valence-corrected chi connectivity index (χ4v) is 5.50. The Balaban J connectivity index is 0.000000952. The van der Waals surface area contributed by atoms with E-state index in [2.05, 4.69) is 55.4 Å². The van der Waals surface area contributed by atoms with Gasteiger partial charge >= 0.3 is 5.97 Å². The van der Waals surface area contributed by atoms with Gasteiger partial charge in [-0.2, -0.15) is 0 Å². The van der Waals surface area contributed by atoms with Crippen molar-refractivity contribution in [2.24, 2.45) is 7.05 Å². The Morgan fingerprint density at radius 3 is 2.31 bits per heavy atom. The summed E-state index contributed by atoms with van der Waals surface area (Å²) in [6.07, 6.45) is 3.62. The third-order valence-corrected chi connectivity index (χ3v) is 8.24. The van der Waals surface area contributed by atoms with Crippen LogP contribution in [0.3, 0.4) is 0 Å². The Bertz CT molecular complexity index is 1490. The van der Waals surface area contributed by atoms with E-state index in [0.29, 0.717) is 23.1 Å². The second kappa shape index (κ2) is 14.6. The molecule has 0 amide bonds. The first kappa shape index (κ1) is 31.5. The minimum Gasteiger partial charge on any atom is -0.489 e. The molecule has 42 heavy (non-hydrogen) atoms. The summed E-state index contributed by atoms with van der Waals surface area (Å²) in [5.74, 6) is 0.179. The van der Waals surface area contributed by atoms with Crippen LogP contribution in [-0.4, -0.2) is 41.9 Å². The number of fused-ring (bicyclic) bond motifs is 1. The Hall–Kier alpha value is -3.48. The largest absolute Gasteiger partial charge is 0.489 e. The molecule has 2 heterocycles. The van der Waals surface area contributed by atoms with Crippen molar-refractivity contribution in [2.75, 3.05) is 31.2 Å². The van der Waals surface area contributed by atoms with Gasteiger partial charge in [0.15, 0.2) is 0 Å². The molecule has 1 aromatic heterocycles. The summed E-state index contributed by atoms with van der Waals surface area (Å²) in [5, 5.41) is 11.3. The molecule has 0 bridgehead atoms. The number of nitrogens with zero attached hydrogens (tertiary/aromatic N) is 2. The number of carboxylic acid groups (broad SMARTS) is 1. The lowest BCUT2D eigenvalue weighted by Gasteiger charge is -2.30. The van der Waals surface area contributed by atoms with Crippen molar-refractivity contribution < 1.29 is 19.4 Å². The summed E-state index contributed by atoms with van der Waals surface area (Å²) < 4.78 is 13.8. The zero-order valence-corrected chi connectivity index (χ0v) is 26.2. The topological polar surface area (TPSA) is 63.9 Å². The monoisotopic (exact) mass is 590 g/mol. The summed E-state index contributed by atoms with van der Waals surface area (Å²) in [6, 6.07) is 19.5. The first-order valence-electron chi connectivity index (χ1n) is 15.0. The van der Waals surface area contributed by atoms with Crippen LogP contribution in [0.4, 0.5) is 5.69 Å². The first-order chi connectivity index (χ1) is 20.3. The lowest BCUT2D eigenvalue weighted by Crippen LogP contribution is -2.36. The quantitative estimate of drug-likeness (QED) is 0.211. The van der Waals surface area contributed by atoms with Gasteiger partial charge in [0.05, 0.1) is 24.5 Å². The van der Waals surface area contributed by atoms with Gasteiger partial charge in [-0.05, 0) is 78.1 Å². The number of rotatable bonds is 9. The van der Waals surface area contributed by atoms with Crippen molar-refractivity contribution in [3.63, 3.8) is 0 Å². The number of anilines is 1. The number of aromatic carboxylic acids is 1. The summed E-state index contributed by atoms with van der Waals surface area (Å²) >= 11 is 6.32. The first-order valence-corrected chi connectivity index (χ1v) is 15.4. The van der Waals surface area contributed by atoms with Crippen LogP contribution in [0.5, 0.6) is 5.75 Å². The van der Waals surface area contributed by atoms with E-state index < -0.39 is 5.97 Å². The molecular weight excluding hydrogens is 548 g/mol. The molecule has 0 saturated carbocycles. The summed E-state index contributed by atoms with van der Waals surface area (Å²) in [5.41, 5.74) is 6.81. The molecule has 1 fully saturated rings. The molecule has 7 heteroatoms. The number of carbonyl (C=O) groups is 1. The highest BCUT2D eigenvalue weighted by atomic mass is 35.5. The molecule has 4 aromatic rings. The lowest BCUT2D eigenvalue weighted by molar-refractivity contribution is 0.0697. The molecule has 0 spiro atoms. The number of unbranched alkanes of at least 4 members (excludes halogenated alkanes) is 1. The number of aryl methyl sites for hydroxylation is 1. The molecule has 1 atom stereocenters. The standard InChI is InChI=1S/C31H33ClN2O4.C4H10/c1-4-20(2)29-26-11-7-22(31(35)36)18-28(26)33(3)30(29)21-5-9-25(10-6-21)38-19-23-17-24(32)8-12-27(23)34-13-15-37-16-14-34;1-3-4-2/h5-12,17-18,20H,4,13-16,19H2,1-3H3,(H,35,36);3-4H2,1-2H3. The molecule has 1 aliphatic rings. The maximum atomic E-state index is 11.6. The van der Waals surface area contributed by atoms with Crippen LogP contribution >= 0.6 is 11.6 Å². The number of carboxylic acids is 1. The van der Waals surface area contributed by atoms with Gasteiger partial charge in [0, 0.05) is 47.3 Å². The van der Waals surface area contributed by atoms with Crippen LogP contribution in [0.25, 0.3) is 22.2 Å². The molecule has 6 nitrogen and oxygen atoms in total. The van der Waals surface area contributed by atoms with E-state index in [1.54, 1.807) is 12.1 Å². The van der Waals surface area contributed by atoms with Crippen molar-refractivity contribution in [3.05, 3.63) is 82.4 Å². The van der Waals surface area contributed by atoms with Crippen molar-refractivity contribution >= 4 is 34.2 Å². The molecule has 1 aliphatic heterocycles. The minimum atomic E-state index is -0.919. The van der Waals surface area contributed by atoms with Gasteiger partial charge in [0.2, 0.25) is 0 Å². The van der Waals surface area contributed by atoms with Crippen LogP contribution in [0.2, 0.25) is 5.02 Å². The number of hydrogen-bond acceptors (Lipinski definition) is 4. The van der Waals surface area contributed by atoms with Crippen LogP contribution in [0, 0.1) is 0 Å². The Labute approximate surface area is 254 Å². The second-order valence-corrected chi connectivity index (χ2v) is 11.3. The summed E-state index contributed by atoms with van der Waals surface area (Å²) in [4.78, 5) is 13.9. The smallest absolute Gasteiger partial charge is 0.335 e. The predicted molar refractivity (Wildman–Crippen MR) is 173 cm³/mol. The van der Waals surface area contributed by atoms with E-state index >= 15 is 0 Å². The molecule has 0 radical (unpaired) electrons. The van der Waals surface area contributed by atoms with Crippen molar-refractivity contribution in [1.29, 1.82) is 0 Å². The van der Waals surface area contributed by atoms with Crippen LogP contribution < -0.4 is 9.64 Å². The average Bonchev–Trinajstić information content (AvgIpc) is 3.31. The van der Waals surface area contributed by atoms with Gasteiger partial charge in [-0.3, -0.25) is 0 Å². The van der Waals surface area contributed by atoms with Gasteiger partial charge in [-0.25, -0.2) is 4.79 Å². The molecule has 1 saturated heterocycles. The van der Waals surface area contributed by atoms with Crippen molar-refractivity contribution in [3.8, 4) is 17.0 Å². The number of morpholine rings is 1. The molecule has 224 valence electrons. The molecule has 0 aliphatic carbocycles. The van der Waals surface area contributed by atoms with E-state index in [4.69, 9.17) is 21.1 Å². The average molecular weight is 591 g/mol. The molecular formula is C35H43ClN2O4. The summed E-state index contributed by atoms with van der Waals surface area (Å²) in [7, 11) is 2.01. The highest BCUT2D eigenvalue weighted by molar-refractivity contribution is 6.30. The van der Waals surface area contributed by atoms with Crippen LogP contribution in [0.1, 0.15) is 74.4 Å². The third kappa shape index (κ3) is 7.11. The molecule has 3 aromatic carbocycles. The maximum absolute atomic E-state index is 11.6. The van der Waals surface area contributed by atoms with E-state index in [1.807, 2.05) is 37.4 Å². The van der Waals surface area contributed by atoms with E-state index in [1.165, 1.54) is 18.4 Å². The van der Waals surface area contributed by atoms with Gasteiger partial charge in [-0.1, -0.05) is 58.2 Å². The van der Waals surface area contributed by atoms with Gasteiger partial charge in [0.25, 0.3) is 0 Å². The SMILES string of the molecule is CCC(C)c1c(-c2ccc(OCc3cc(Cl)ccc3N3CCOCC3)cc2)n(C)c2cc(C(=O)O)ccc12.CCCC. The fourth-order valence-electron chi connectivity index (χ4n) is 5.30. The third-order valence-electron chi connectivity index (χ3n) is 8.01. The summed E-state index contributed by atoms with van der Waals surface area (Å²) in [6.45, 7) is 12.3. The zero-order chi connectivity index (χ0) is 30.2. The number of hydrogen-bond donors (Lipinski definition) is 1. The normalized spacial score (nSPS) is 13.9. The van der Waals surface area contributed by atoms with Gasteiger partial charge < -0.3 is 24.0 Å². The highest BCUT2D eigenvalue weighted by Crippen LogP contribution is 2.40. The molecule has 1 N–H and O–H groups in total. The molecule has 1 unspecified atom stereocenters. The Morgan fingerprint density at radius 2 is 1.69 bits per heavy atom. The van der Waals surface area contributed by atoms with Crippen LogP contribution in [-0.2, 0) is 18.4 Å². The highest BCUT2D eigenvalue weighted by Gasteiger charge is 2.22. The van der Waals surface area contributed by atoms with Crippen LogP contribution in [0.15, 0.2) is 60.7 Å². The van der Waals surface area contributed by atoms with E-state index in [9.17, 15) is 9.90 Å². The second-order valence-electron chi connectivity index (χ2n) is 10.9. The minimum absolute atomic E-state index is 0.293. The predicted octanol–water partition coefficient (Wildman–Crippen LogP) is 8.93. The molecule has 5 rings (SSSR count). The fraction of sp³-hybridized carbons (Fsp3) is 0.400. The van der Waals surface area contributed by atoms with E-state index in [0.717, 1.165) is 71.9 Å². The van der Waals surface area contributed by atoms with E-state index in [-0.39, 0.29) is 0 Å². The Kier molecular flexibility index (Phi) is 10.9. The number of aromatic nitrogens is 1. The number of benzene rings is 3. The lowest BCUT2D eigenvalue weighted by atomic mass is 9.92. The maximum Gasteiger partial charge on any atom is 0.335 e. The Morgan fingerprint density at radius 1 is 1.00 bits per heavy atom.